The Kier molecular flexibility index (Phi) is 3.84. The highest BCUT2D eigenvalue weighted by molar-refractivity contribution is 6.02. The SMILES string of the molecule is Cc1cnc(C(=O)Nc2ccc(-n3nc(C)cc3C)nc2)cn1. The highest BCUT2D eigenvalue weighted by atomic mass is 16.1. The molecule has 7 nitrogen and oxygen atoms in total. The van der Waals surface area contributed by atoms with Crippen LogP contribution in [0.5, 0.6) is 0 Å². The number of aryl methyl sites for hydroxylation is 3. The Morgan fingerprint density at radius 2 is 1.83 bits per heavy atom. The molecule has 1 N–H and O–H groups in total. The van der Waals surface area contributed by atoms with Gasteiger partial charge in [-0.1, -0.05) is 0 Å². The topological polar surface area (TPSA) is 85.6 Å². The van der Waals surface area contributed by atoms with Gasteiger partial charge in [0.15, 0.2) is 5.82 Å². The molecule has 3 rings (SSSR count). The average Bonchev–Trinajstić information content (AvgIpc) is 2.87. The standard InChI is InChI=1S/C16H16N6O/c1-10-6-12(3)22(21-10)15-5-4-13(8-19-15)20-16(23)14-9-17-11(2)7-18-14/h4-9H,1-3H3,(H,20,23). The maximum atomic E-state index is 12.1. The number of amides is 1. The number of anilines is 1. The zero-order valence-corrected chi connectivity index (χ0v) is 13.1. The second-order valence-corrected chi connectivity index (χ2v) is 5.24. The lowest BCUT2D eigenvalue weighted by atomic mass is 10.3. The van der Waals surface area contributed by atoms with Gasteiger partial charge in [-0.25, -0.2) is 14.6 Å². The number of hydrogen-bond donors (Lipinski definition) is 1. The lowest BCUT2D eigenvalue weighted by Crippen LogP contribution is -2.14. The van der Waals surface area contributed by atoms with Gasteiger partial charge in [-0.3, -0.25) is 9.78 Å². The number of carbonyl (C=O) groups excluding carboxylic acids is 1. The summed E-state index contributed by atoms with van der Waals surface area (Å²) in [5.41, 5.74) is 3.54. The highest BCUT2D eigenvalue weighted by Crippen LogP contribution is 2.13. The number of nitrogens with one attached hydrogen (secondary N) is 1. The van der Waals surface area contributed by atoms with Crippen molar-refractivity contribution in [2.75, 3.05) is 5.32 Å². The third-order valence-corrected chi connectivity index (χ3v) is 3.25. The van der Waals surface area contributed by atoms with E-state index in [1.54, 1.807) is 29.2 Å². The molecule has 3 aromatic rings. The van der Waals surface area contributed by atoms with Crippen molar-refractivity contribution >= 4 is 11.6 Å². The zero-order chi connectivity index (χ0) is 16.4. The minimum absolute atomic E-state index is 0.262. The Labute approximate surface area is 133 Å². The molecule has 0 spiro atoms. The van der Waals surface area contributed by atoms with Crippen molar-refractivity contribution in [3.63, 3.8) is 0 Å². The summed E-state index contributed by atoms with van der Waals surface area (Å²) in [6, 6.07) is 5.56. The molecule has 3 aromatic heterocycles. The molecule has 23 heavy (non-hydrogen) atoms. The maximum Gasteiger partial charge on any atom is 0.275 e. The van der Waals surface area contributed by atoms with Gasteiger partial charge < -0.3 is 5.32 Å². The van der Waals surface area contributed by atoms with Gasteiger partial charge in [0.1, 0.15) is 5.69 Å². The van der Waals surface area contributed by atoms with Crippen LogP contribution in [0, 0.1) is 20.8 Å². The van der Waals surface area contributed by atoms with E-state index in [0.29, 0.717) is 11.5 Å². The summed E-state index contributed by atoms with van der Waals surface area (Å²) in [6.07, 6.45) is 4.59. The summed E-state index contributed by atoms with van der Waals surface area (Å²) in [6.45, 7) is 5.71. The number of hydrogen-bond acceptors (Lipinski definition) is 5. The number of carbonyl (C=O) groups is 1. The van der Waals surface area contributed by atoms with Crippen LogP contribution in [0.25, 0.3) is 5.82 Å². The second-order valence-electron chi connectivity index (χ2n) is 5.24. The fourth-order valence-electron chi connectivity index (χ4n) is 2.15. The second kappa shape index (κ2) is 5.96. The molecule has 7 heteroatoms. The van der Waals surface area contributed by atoms with Crippen LogP contribution >= 0.6 is 0 Å². The van der Waals surface area contributed by atoms with Crippen LogP contribution in [0.1, 0.15) is 27.6 Å². The molecule has 0 fully saturated rings. The molecule has 0 radical (unpaired) electrons. The number of rotatable bonds is 3. The first-order valence-corrected chi connectivity index (χ1v) is 7.12. The Morgan fingerprint density at radius 3 is 2.39 bits per heavy atom. The van der Waals surface area contributed by atoms with Crippen LogP contribution in [0.4, 0.5) is 5.69 Å². The normalized spacial score (nSPS) is 10.6. The molecule has 0 aliphatic carbocycles. The van der Waals surface area contributed by atoms with Gasteiger partial charge in [0.2, 0.25) is 0 Å². The first kappa shape index (κ1) is 14.8. The van der Waals surface area contributed by atoms with Gasteiger partial charge in [0.05, 0.1) is 29.5 Å². The van der Waals surface area contributed by atoms with Gasteiger partial charge >= 0.3 is 0 Å². The van der Waals surface area contributed by atoms with Crippen LogP contribution in [0.2, 0.25) is 0 Å². The van der Waals surface area contributed by atoms with E-state index < -0.39 is 0 Å². The van der Waals surface area contributed by atoms with E-state index in [0.717, 1.165) is 17.1 Å². The predicted molar refractivity (Wildman–Crippen MR) is 85.6 cm³/mol. The van der Waals surface area contributed by atoms with Crippen LogP contribution in [-0.2, 0) is 0 Å². The molecule has 0 atom stereocenters. The van der Waals surface area contributed by atoms with Crippen LogP contribution in [0.3, 0.4) is 0 Å². The number of pyridine rings is 1. The minimum atomic E-state index is -0.321. The molecule has 0 saturated carbocycles. The summed E-state index contributed by atoms with van der Waals surface area (Å²) in [5, 5.41) is 7.12. The van der Waals surface area contributed by atoms with E-state index in [4.69, 9.17) is 0 Å². The highest BCUT2D eigenvalue weighted by Gasteiger charge is 2.09. The molecular weight excluding hydrogens is 292 g/mol. The summed E-state index contributed by atoms with van der Waals surface area (Å²) in [5.74, 6) is 0.377. The lowest BCUT2D eigenvalue weighted by molar-refractivity contribution is 0.102. The smallest absolute Gasteiger partial charge is 0.275 e. The Hall–Kier alpha value is -3.09. The van der Waals surface area contributed by atoms with Crippen LogP contribution in [-0.4, -0.2) is 30.6 Å². The Morgan fingerprint density at radius 1 is 1.00 bits per heavy atom. The molecular formula is C16H16N6O. The van der Waals surface area contributed by atoms with Crippen molar-refractivity contribution in [1.29, 1.82) is 0 Å². The molecule has 0 aromatic carbocycles. The van der Waals surface area contributed by atoms with E-state index >= 15 is 0 Å². The molecule has 0 aliphatic rings. The van der Waals surface area contributed by atoms with E-state index in [9.17, 15) is 4.79 Å². The first-order valence-electron chi connectivity index (χ1n) is 7.12. The fourth-order valence-corrected chi connectivity index (χ4v) is 2.15. The summed E-state index contributed by atoms with van der Waals surface area (Å²) < 4.78 is 1.76. The quantitative estimate of drug-likeness (QED) is 0.802. The van der Waals surface area contributed by atoms with E-state index in [1.807, 2.05) is 26.8 Å². The largest absolute Gasteiger partial charge is 0.319 e. The third kappa shape index (κ3) is 3.23. The van der Waals surface area contributed by atoms with Crippen molar-refractivity contribution in [1.82, 2.24) is 24.7 Å². The van der Waals surface area contributed by atoms with Gasteiger partial charge in [-0.15, -0.1) is 0 Å². The van der Waals surface area contributed by atoms with Crippen molar-refractivity contribution in [2.24, 2.45) is 0 Å². The molecule has 3 heterocycles. The lowest BCUT2D eigenvalue weighted by Gasteiger charge is -2.06. The summed E-state index contributed by atoms with van der Waals surface area (Å²) in [7, 11) is 0. The molecule has 1 amide bonds. The predicted octanol–water partition coefficient (Wildman–Crippen LogP) is 2.23. The molecule has 0 bridgehead atoms. The monoisotopic (exact) mass is 308 g/mol. The molecule has 116 valence electrons. The average molecular weight is 308 g/mol. The van der Waals surface area contributed by atoms with E-state index in [-0.39, 0.29) is 11.6 Å². The minimum Gasteiger partial charge on any atom is -0.319 e. The van der Waals surface area contributed by atoms with Crippen molar-refractivity contribution in [2.45, 2.75) is 20.8 Å². The first-order chi connectivity index (χ1) is 11.0. The van der Waals surface area contributed by atoms with Gasteiger partial charge in [0, 0.05) is 11.9 Å². The van der Waals surface area contributed by atoms with Crippen LogP contribution < -0.4 is 5.32 Å². The van der Waals surface area contributed by atoms with Gasteiger partial charge in [-0.2, -0.15) is 5.10 Å². The Bertz CT molecular complexity index is 836. The maximum absolute atomic E-state index is 12.1. The zero-order valence-electron chi connectivity index (χ0n) is 13.1. The Balaban J connectivity index is 1.76. The summed E-state index contributed by atoms with van der Waals surface area (Å²) in [4.78, 5) is 24.5. The van der Waals surface area contributed by atoms with Gasteiger partial charge in [0.25, 0.3) is 5.91 Å². The van der Waals surface area contributed by atoms with E-state index in [1.165, 1.54) is 6.20 Å². The molecule has 0 unspecified atom stereocenters. The molecule has 0 saturated heterocycles. The molecule has 0 aliphatic heterocycles. The van der Waals surface area contributed by atoms with E-state index in [2.05, 4.69) is 25.4 Å². The third-order valence-electron chi connectivity index (χ3n) is 3.25. The van der Waals surface area contributed by atoms with Crippen LogP contribution in [0.15, 0.2) is 36.8 Å². The van der Waals surface area contributed by atoms with Crippen molar-refractivity contribution in [3.8, 4) is 5.82 Å². The summed E-state index contributed by atoms with van der Waals surface area (Å²) >= 11 is 0. The van der Waals surface area contributed by atoms with Gasteiger partial charge in [-0.05, 0) is 39.0 Å². The fraction of sp³-hybridized carbons (Fsp3) is 0.188. The number of aromatic nitrogens is 5. The number of nitrogens with zero attached hydrogens (tertiary/aromatic N) is 5. The van der Waals surface area contributed by atoms with Crippen molar-refractivity contribution < 1.29 is 4.79 Å². The van der Waals surface area contributed by atoms with Crippen molar-refractivity contribution in [3.05, 3.63) is 59.6 Å².